The molecule has 0 spiro atoms. The highest BCUT2D eigenvalue weighted by atomic mass is 32.1. The smallest absolute Gasteiger partial charge is 0.204 e. The van der Waals surface area contributed by atoms with Gasteiger partial charge >= 0.3 is 0 Å². The lowest BCUT2D eigenvalue weighted by Crippen LogP contribution is -2.25. The second-order valence-electron chi connectivity index (χ2n) is 31.7. The van der Waals surface area contributed by atoms with Gasteiger partial charge in [0, 0.05) is 55.3 Å². The summed E-state index contributed by atoms with van der Waals surface area (Å²) in [6, 6.07) is 67.9. The fraction of sp³-hybridized carbons (Fsp3) is 0.294. The summed E-state index contributed by atoms with van der Waals surface area (Å²) in [4.78, 5) is 14.2. The lowest BCUT2D eigenvalue weighted by Gasteiger charge is -2.31. The van der Waals surface area contributed by atoms with Crippen molar-refractivity contribution < 1.29 is 4.74 Å². The van der Waals surface area contributed by atoms with Gasteiger partial charge < -0.3 is 14.5 Å². The predicted octanol–water partition coefficient (Wildman–Crippen LogP) is 24.9. The zero-order valence-corrected chi connectivity index (χ0v) is 58.0. The number of fused-ring (bicyclic) bond motifs is 8. The third-order valence-electron chi connectivity index (χ3n) is 18.8. The number of nitrogens with zero attached hydrogens (tertiary/aromatic N) is 5. The van der Waals surface area contributed by atoms with Crippen molar-refractivity contribution in [3.8, 4) is 50.7 Å². The number of hydrogen-bond donors (Lipinski definition) is 0. The van der Waals surface area contributed by atoms with Crippen LogP contribution in [0.15, 0.2) is 188 Å². The zero-order valence-electron chi connectivity index (χ0n) is 57.2. The van der Waals surface area contributed by atoms with Gasteiger partial charge in [-0.1, -0.05) is 228 Å². The molecule has 1 aliphatic rings. The number of rotatable bonds is 8. The van der Waals surface area contributed by atoms with E-state index < -0.39 is 0 Å². The van der Waals surface area contributed by atoms with Crippen LogP contribution in [0.25, 0.3) is 86.0 Å². The molecule has 13 rings (SSSR count). The highest BCUT2D eigenvalue weighted by Crippen LogP contribution is 2.54. The molecule has 0 aliphatic carbocycles. The average Bonchev–Trinajstić information content (AvgIpc) is 1.55. The molecular formula is C85H87N5OS. The molecule has 0 atom stereocenters. The molecule has 7 heteroatoms. The summed E-state index contributed by atoms with van der Waals surface area (Å²) < 4.78 is 12.0. The molecule has 0 amide bonds. The molecule has 0 saturated carbocycles. The maximum Gasteiger partial charge on any atom is 0.204 e. The number of thiophene rings is 1. The first-order valence-electron chi connectivity index (χ1n) is 32.6. The van der Waals surface area contributed by atoms with Crippen molar-refractivity contribution in [1.29, 1.82) is 0 Å². The van der Waals surface area contributed by atoms with Gasteiger partial charge in [-0.2, -0.15) is 0 Å². The maximum absolute atomic E-state index is 8.11. The number of aromatic nitrogens is 2. The topological polar surface area (TPSA) is 37.9 Å². The van der Waals surface area contributed by atoms with E-state index in [1.165, 1.54) is 66.9 Å². The van der Waals surface area contributed by atoms with Gasteiger partial charge in [-0.3, -0.25) is 4.57 Å². The molecule has 0 bridgehead atoms. The fourth-order valence-corrected chi connectivity index (χ4v) is 15.0. The largest absolute Gasteiger partial charge is 0.457 e. The summed E-state index contributed by atoms with van der Waals surface area (Å²) in [5.74, 6) is 2.29. The maximum atomic E-state index is 8.11. The highest BCUT2D eigenvalue weighted by Gasteiger charge is 2.35. The van der Waals surface area contributed by atoms with E-state index in [0.717, 1.165) is 76.2 Å². The Morgan fingerprint density at radius 1 is 0.435 bits per heavy atom. The normalized spacial score (nSPS) is 13.4. The Kier molecular flexibility index (Phi) is 14.9. The Morgan fingerprint density at radius 2 is 0.989 bits per heavy atom. The van der Waals surface area contributed by atoms with E-state index in [9.17, 15) is 0 Å². The Labute approximate surface area is 550 Å². The lowest BCUT2D eigenvalue weighted by molar-refractivity contribution is 0.483. The van der Waals surface area contributed by atoms with Gasteiger partial charge in [-0.05, 0) is 166 Å². The van der Waals surface area contributed by atoms with Crippen molar-refractivity contribution >= 4 is 81.8 Å². The van der Waals surface area contributed by atoms with Crippen LogP contribution < -0.4 is 14.5 Å². The average molecular weight is 1230 g/mol. The van der Waals surface area contributed by atoms with Gasteiger partial charge in [0.2, 0.25) is 5.69 Å². The van der Waals surface area contributed by atoms with E-state index in [1.54, 1.807) is 11.3 Å². The first-order valence-corrected chi connectivity index (χ1v) is 33.5. The third-order valence-corrected chi connectivity index (χ3v) is 20.1. The molecule has 12 aromatic rings. The van der Waals surface area contributed by atoms with Crippen LogP contribution in [-0.4, -0.2) is 16.2 Å². The lowest BCUT2D eigenvalue weighted by atomic mass is 9.74. The number of para-hydroxylation sites is 2. The summed E-state index contributed by atoms with van der Waals surface area (Å²) >= 11 is 1.71. The molecule has 0 unspecified atom stereocenters. The van der Waals surface area contributed by atoms with Crippen LogP contribution in [0.2, 0.25) is 0 Å². The van der Waals surface area contributed by atoms with Crippen LogP contribution in [0.3, 0.4) is 0 Å². The van der Waals surface area contributed by atoms with Gasteiger partial charge in [0.15, 0.2) is 0 Å². The first kappa shape index (κ1) is 61.9. The van der Waals surface area contributed by atoms with Gasteiger partial charge in [-0.15, -0.1) is 11.3 Å². The molecule has 0 saturated heterocycles. The van der Waals surface area contributed by atoms with Gasteiger partial charge in [0.05, 0.1) is 34.7 Å². The number of anilines is 4. The summed E-state index contributed by atoms with van der Waals surface area (Å²) in [6.45, 7) is 50.2. The number of pyridine rings is 1. The van der Waals surface area contributed by atoms with Crippen LogP contribution in [0, 0.1) is 6.57 Å². The van der Waals surface area contributed by atoms with Crippen LogP contribution in [0.5, 0.6) is 11.5 Å². The highest BCUT2D eigenvalue weighted by molar-refractivity contribution is 7.27. The van der Waals surface area contributed by atoms with Gasteiger partial charge in [0.25, 0.3) is 0 Å². The summed E-state index contributed by atoms with van der Waals surface area (Å²) in [5.41, 5.74) is 21.3. The number of benzene rings is 9. The van der Waals surface area contributed by atoms with E-state index in [0.29, 0.717) is 18.1 Å². The molecule has 3 aromatic heterocycles. The van der Waals surface area contributed by atoms with Crippen molar-refractivity contribution in [3.05, 3.63) is 233 Å². The van der Waals surface area contributed by atoms with Crippen LogP contribution in [0.1, 0.15) is 158 Å². The fourth-order valence-electron chi connectivity index (χ4n) is 13.6. The molecule has 4 heterocycles. The minimum absolute atomic E-state index is 0.00253. The third kappa shape index (κ3) is 11.1. The van der Waals surface area contributed by atoms with Crippen molar-refractivity contribution in [2.75, 3.05) is 16.5 Å². The molecule has 464 valence electrons. The molecule has 1 aliphatic heterocycles. The Balaban J connectivity index is 1.03. The predicted molar refractivity (Wildman–Crippen MR) is 395 cm³/mol. The molecule has 92 heavy (non-hydrogen) atoms. The van der Waals surface area contributed by atoms with E-state index in [4.69, 9.17) is 16.3 Å². The van der Waals surface area contributed by atoms with Crippen molar-refractivity contribution in [2.45, 2.75) is 157 Å². The van der Waals surface area contributed by atoms with Crippen molar-refractivity contribution in [1.82, 2.24) is 9.55 Å². The van der Waals surface area contributed by atoms with E-state index >= 15 is 0 Å². The molecule has 0 radical (unpaired) electrons. The number of hydrogen-bond acceptors (Lipinski definition) is 5. The molecule has 0 fully saturated rings. The molecule has 0 N–H and O–H groups in total. The SMILES string of the molecule is [C-]#[N+]c1cccc2c1sc1c2ccc2c1c1ccc(Oc3cc(-c4c(C(C)(C)C)cccc4C(C)(C)C)cc(N4CN(c5c(-c6ccc(C(C)(C)C)cc6)cc(C(C)(C)C)cc5-c5ccc(C(C)(C)C)cc5)c5ccccc54)c3)cc1n2-c1cc(C(C)(C)C)ccn1. The van der Waals surface area contributed by atoms with Crippen molar-refractivity contribution in [3.63, 3.8) is 0 Å². The minimum Gasteiger partial charge on any atom is -0.457 e. The minimum atomic E-state index is -0.180. The molecule has 6 nitrogen and oxygen atoms in total. The zero-order chi connectivity index (χ0) is 65.4. The van der Waals surface area contributed by atoms with Gasteiger partial charge in [0.1, 0.15) is 24.0 Å². The first-order chi connectivity index (χ1) is 43.3. The Bertz CT molecular complexity index is 4820. The van der Waals surface area contributed by atoms with Gasteiger partial charge in [-0.25, -0.2) is 9.83 Å². The van der Waals surface area contributed by atoms with Crippen LogP contribution >= 0.6 is 11.3 Å². The molecular weight excluding hydrogens is 1140 g/mol. The Morgan fingerprint density at radius 3 is 1.55 bits per heavy atom. The Hall–Kier alpha value is -8.96. The van der Waals surface area contributed by atoms with Crippen LogP contribution in [0.4, 0.5) is 28.4 Å². The van der Waals surface area contributed by atoms with E-state index in [2.05, 4.69) is 314 Å². The van der Waals surface area contributed by atoms with E-state index in [-0.39, 0.29) is 32.5 Å². The standard InChI is InChI=1S/C85H87N5OS/c1-80(2,3)55-34-30-52(31-35-55)65-46-58(83(10,11)12)47-66(53-32-36-56(37-33-53)81(4,5)6)77(65)89-51-88(70-28-20-21-29-71(70)89)59-44-54(75-67(84(13,14)15)25-23-26-68(75)85(16,17)18)45-61(49-59)91-60-38-39-64-73(50-60)90(74-48-57(42-43-87-74)82(7,8)9)72-41-40-63-62-24-22-27-69(86-19)78(62)92-79(63)76(64)72/h20-50H,51H2,1-18H3. The second-order valence-corrected chi connectivity index (χ2v) is 32.7. The summed E-state index contributed by atoms with van der Waals surface area (Å²) in [7, 11) is 0. The quantitative estimate of drug-likeness (QED) is 0.142. The summed E-state index contributed by atoms with van der Waals surface area (Å²) in [5, 5.41) is 4.49. The van der Waals surface area contributed by atoms with Crippen molar-refractivity contribution in [2.24, 2.45) is 0 Å². The van der Waals surface area contributed by atoms with E-state index in [1.807, 2.05) is 18.3 Å². The van der Waals surface area contributed by atoms with Crippen LogP contribution in [-0.2, 0) is 32.5 Å². The summed E-state index contributed by atoms with van der Waals surface area (Å²) in [6.07, 6.45) is 1.94. The second kappa shape index (κ2) is 22.1. The monoisotopic (exact) mass is 1230 g/mol. The molecule has 9 aromatic carbocycles. The number of ether oxygens (including phenoxy) is 1.